The van der Waals surface area contributed by atoms with Crippen LogP contribution >= 0.6 is 0 Å². The van der Waals surface area contributed by atoms with Crippen LogP contribution < -0.4 is 0 Å². The number of Topliss-reactive ketones (excluding diaryl/α,β-unsaturated/α-hetero) is 2. The molecule has 0 heterocycles. The fourth-order valence-electron chi connectivity index (χ4n) is 2.47. The third kappa shape index (κ3) is 4.73. The number of hydrogen-bond acceptors (Lipinski definition) is 4. The topological polar surface area (TPSA) is 60.4 Å². The molecule has 2 aromatic rings. The van der Waals surface area contributed by atoms with E-state index in [4.69, 9.17) is 4.74 Å². The van der Waals surface area contributed by atoms with Crippen molar-refractivity contribution in [2.24, 2.45) is 5.92 Å². The average molecular weight is 336 g/mol. The second-order valence-electron chi connectivity index (χ2n) is 5.54. The molecule has 0 unspecified atom stereocenters. The van der Waals surface area contributed by atoms with Gasteiger partial charge in [-0.15, -0.1) is 0 Å². The third-order valence-corrected chi connectivity index (χ3v) is 3.76. The van der Waals surface area contributed by atoms with E-state index < -0.39 is 11.9 Å². The number of benzene rings is 2. The third-order valence-electron chi connectivity index (χ3n) is 3.76. The lowest BCUT2D eigenvalue weighted by Crippen LogP contribution is -2.26. The van der Waals surface area contributed by atoms with Gasteiger partial charge >= 0.3 is 5.97 Å². The van der Waals surface area contributed by atoms with Gasteiger partial charge in [0.1, 0.15) is 0 Å². The predicted octanol–water partition coefficient (Wildman–Crippen LogP) is 3.88. The number of hydrogen-bond donors (Lipinski definition) is 0. The van der Waals surface area contributed by atoms with Gasteiger partial charge in [0.15, 0.2) is 11.6 Å². The van der Waals surface area contributed by atoms with Gasteiger partial charge in [-0.1, -0.05) is 67.2 Å². The number of esters is 1. The Labute approximate surface area is 147 Å². The van der Waals surface area contributed by atoms with Gasteiger partial charge in [0.05, 0.1) is 12.5 Å². The van der Waals surface area contributed by atoms with E-state index >= 15 is 0 Å². The molecule has 0 saturated heterocycles. The normalized spacial score (nSPS) is 10.3. The molecule has 0 saturated carbocycles. The fourth-order valence-corrected chi connectivity index (χ4v) is 2.47. The van der Waals surface area contributed by atoms with Crippen molar-refractivity contribution < 1.29 is 19.1 Å². The highest BCUT2D eigenvalue weighted by molar-refractivity contribution is 6.16. The maximum absolute atomic E-state index is 12.9. The molecule has 0 spiro atoms. The number of carbonyl (C=O) groups is 3. The number of ether oxygens (including phenoxy) is 1. The minimum Gasteiger partial charge on any atom is -0.463 e. The largest absolute Gasteiger partial charge is 0.463 e. The molecule has 4 nitrogen and oxygen atoms in total. The van der Waals surface area contributed by atoms with Crippen molar-refractivity contribution in [3.05, 3.63) is 83.9 Å². The molecule has 2 aromatic carbocycles. The lowest BCUT2D eigenvalue weighted by Gasteiger charge is -2.16. The summed E-state index contributed by atoms with van der Waals surface area (Å²) >= 11 is 0. The van der Waals surface area contributed by atoms with Gasteiger partial charge < -0.3 is 4.74 Å². The van der Waals surface area contributed by atoms with Crippen molar-refractivity contribution >= 4 is 17.5 Å². The van der Waals surface area contributed by atoms with Crippen LogP contribution in [0.15, 0.2) is 72.8 Å². The SMILES string of the molecule is C=C(CC(C(=O)c1ccccc1)C(=O)c1ccccc1)C(=O)OCC. The summed E-state index contributed by atoms with van der Waals surface area (Å²) in [7, 11) is 0. The summed E-state index contributed by atoms with van der Waals surface area (Å²) < 4.78 is 4.91. The summed E-state index contributed by atoms with van der Waals surface area (Å²) in [5.74, 6) is -2.27. The molecular formula is C21H20O4. The van der Waals surface area contributed by atoms with Crippen LogP contribution in [0.3, 0.4) is 0 Å². The van der Waals surface area contributed by atoms with Crippen LogP contribution in [0.1, 0.15) is 34.1 Å². The van der Waals surface area contributed by atoms with Crippen molar-refractivity contribution in [1.29, 1.82) is 0 Å². The minimum atomic E-state index is -1.01. The van der Waals surface area contributed by atoms with Gasteiger partial charge in [0.25, 0.3) is 0 Å². The zero-order valence-electron chi connectivity index (χ0n) is 14.1. The summed E-state index contributed by atoms with van der Waals surface area (Å²) in [4.78, 5) is 37.6. The van der Waals surface area contributed by atoms with Crippen LogP contribution in [0, 0.1) is 5.92 Å². The lowest BCUT2D eigenvalue weighted by atomic mass is 9.85. The molecule has 0 aliphatic heterocycles. The molecule has 0 radical (unpaired) electrons. The van der Waals surface area contributed by atoms with Gasteiger partial charge in [-0.05, 0) is 13.3 Å². The number of carbonyl (C=O) groups excluding carboxylic acids is 3. The molecule has 128 valence electrons. The molecule has 0 aliphatic carbocycles. The molecule has 0 amide bonds. The Bertz CT molecular complexity index is 711. The van der Waals surface area contributed by atoms with Gasteiger partial charge in [0, 0.05) is 16.7 Å². The highest BCUT2D eigenvalue weighted by Crippen LogP contribution is 2.22. The van der Waals surface area contributed by atoms with Gasteiger partial charge in [-0.25, -0.2) is 4.79 Å². The van der Waals surface area contributed by atoms with Gasteiger partial charge in [-0.2, -0.15) is 0 Å². The van der Waals surface area contributed by atoms with E-state index in [0.29, 0.717) is 11.1 Å². The van der Waals surface area contributed by atoms with Crippen LogP contribution in [-0.2, 0) is 9.53 Å². The second-order valence-corrected chi connectivity index (χ2v) is 5.54. The highest BCUT2D eigenvalue weighted by atomic mass is 16.5. The minimum absolute atomic E-state index is 0.0692. The quantitative estimate of drug-likeness (QED) is 0.318. The molecule has 25 heavy (non-hydrogen) atoms. The first-order valence-corrected chi connectivity index (χ1v) is 8.08. The Balaban J connectivity index is 2.31. The molecular weight excluding hydrogens is 316 g/mol. The number of ketones is 2. The summed E-state index contributed by atoms with van der Waals surface area (Å²) in [5, 5.41) is 0. The van der Waals surface area contributed by atoms with Crippen LogP contribution in [-0.4, -0.2) is 24.1 Å². The monoisotopic (exact) mass is 336 g/mol. The summed E-state index contributed by atoms with van der Waals surface area (Å²) in [5.41, 5.74) is 0.960. The first-order valence-electron chi connectivity index (χ1n) is 8.08. The van der Waals surface area contributed by atoms with E-state index in [1.165, 1.54) is 0 Å². The Morgan fingerprint density at radius 2 is 1.32 bits per heavy atom. The lowest BCUT2D eigenvalue weighted by molar-refractivity contribution is -0.138. The van der Waals surface area contributed by atoms with Crippen molar-refractivity contribution in [1.82, 2.24) is 0 Å². The summed E-state index contributed by atoms with van der Waals surface area (Å²) in [6.45, 7) is 5.58. The first-order chi connectivity index (χ1) is 12.0. The van der Waals surface area contributed by atoms with Gasteiger partial charge in [-0.3, -0.25) is 9.59 Å². The summed E-state index contributed by atoms with van der Waals surface area (Å²) in [6.07, 6.45) is -0.0692. The van der Waals surface area contributed by atoms with E-state index in [-0.39, 0.29) is 30.2 Å². The van der Waals surface area contributed by atoms with Crippen LogP contribution in [0.5, 0.6) is 0 Å². The van der Waals surface area contributed by atoms with Crippen molar-refractivity contribution in [3.63, 3.8) is 0 Å². The molecule has 0 atom stereocenters. The molecule has 4 heteroatoms. The van der Waals surface area contributed by atoms with Crippen molar-refractivity contribution in [2.45, 2.75) is 13.3 Å². The molecule has 0 N–H and O–H groups in total. The van der Waals surface area contributed by atoms with E-state index in [9.17, 15) is 14.4 Å². The fraction of sp³-hybridized carbons (Fsp3) is 0.190. The Morgan fingerprint density at radius 1 is 0.880 bits per heavy atom. The smallest absolute Gasteiger partial charge is 0.333 e. The maximum Gasteiger partial charge on any atom is 0.333 e. The second kappa shape index (κ2) is 8.73. The molecule has 0 fully saturated rings. The van der Waals surface area contributed by atoms with E-state index in [2.05, 4.69) is 6.58 Å². The molecule has 0 aliphatic rings. The average Bonchev–Trinajstić information content (AvgIpc) is 2.66. The van der Waals surface area contributed by atoms with Crippen molar-refractivity contribution in [3.8, 4) is 0 Å². The zero-order chi connectivity index (χ0) is 18.2. The zero-order valence-corrected chi connectivity index (χ0v) is 14.1. The Hall–Kier alpha value is -3.01. The molecule has 2 rings (SSSR count). The Morgan fingerprint density at radius 3 is 1.72 bits per heavy atom. The van der Waals surface area contributed by atoms with Crippen LogP contribution in [0.25, 0.3) is 0 Å². The molecule has 0 bridgehead atoms. The first kappa shape index (κ1) is 18.3. The predicted molar refractivity (Wildman–Crippen MR) is 95.4 cm³/mol. The van der Waals surface area contributed by atoms with Gasteiger partial charge in [0.2, 0.25) is 0 Å². The van der Waals surface area contributed by atoms with E-state index in [0.717, 1.165) is 0 Å². The van der Waals surface area contributed by atoms with E-state index in [1.54, 1.807) is 67.6 Å². The van der Waals surface area contributed by atoms with Crippen molar-refractivity contribution in [2.75, 3.05) is 6.61 Å². The van der Waals surface area contributed by atoms with Crippen LogP contribution in [0.4, 0.5) is 0 Å². The number of rotatable bonds is 8. The summed E-state index contributed by atoms with van der Waals surface area (Å²) in [6, 6.07) is 17.1. The van der Waals surface area contributed by atoms with E-state index in [1.807, 2.05) is 0 Å². The van der Waals surface area contributed by atoms with Crippen LogP contribution in [0.2, 0.25) is 0 Å². The Kier molecular flexibility index (Phi) is 6.40. The molecule has 0 aromatic heterocycles. The standard InChI is InChI=1S/C21H20O4/c1-3-25-21(24)15(2)14-18(19(22)16-10-6-4-7-11-16)20(23)17-12-8-5-9-13-17/h4-13,18H,2-3,14H2,1H3. The highest BCUT2D eigenvalue weighted by Gasteiger charge is 2.30. The maximum atomic E-state index is 12.9.